The molecule has 1 N–H and O–H groups in total. The SMILES string of the molecule is CC(C)[C@@H](C)/C=C/[C@@H](C)[C@H]1CC[C@H]2[C@@H]3CC=C4C[C@@H](O)CC[C@H](C4)[C@H]3CC[C@]12C. The van der Waals surface area contributed by atoms with E-state index in [9.17, 15) is 5.11 Å². The number of allylic oxidation sites excluding steroid dienone is 3. The molecule has 3 saturated carbocycles. The van der Waals surface area contributed by atoms with Crippen molar-refractivity contribution in [2.24, 2.45) is 52.8 Å². The Morgan fingerprint density at radius 2 is 1.76 bits per heavy atom. The fourth-order valence-corrected chi connectivity index (χ4v) is 8.02. The van der Waals surface area contributed by atoms with E-state index >= 15 is 0 Å². The number of rotatable bonds is 4. The first-order chi connectivity index (χ1) is 13.8. The fraction of sp³-hybridized carbons (Fsp3) is 0.857. The molecule has 0 saturated heterocycles. The molecular formula is C28H46O. The van der Waals surface area contributed by atoms with Crippen LogP contribution < -0.4 is 0 Å². The van der Waals surface area contributed by atoms with Crippen molar-refractivity contribution < 1.29 is 5.11 Å². The molecule has 4 aliphatic rings. The van der Waals surface area contributed by atoms with Gasteiger partial charge in [0.1, 0.15) is 0 Å². The number of hydrogen-bond donors (Lipinski definition) is 1. The molecule has 0 amide bonds. The number of hydrogen-bond acceptors (Lipinski definition) is 1. The second-order valence-electron chi connectivity index (χ2n) is 12.0. The zero-order valence-corrected chi connectivity index (χ0v) is 19.7. The molecule has 9 atom stereocenters. The van der Waals surface area contributed by atoms with E-state index in [1.54, 1.807) is 5.57 Å². The van der Waals surface area contributed by atoms with E-state index in [2.05, 4.69) is 52.8 Å². The molecule has 4 aliphatic carbocycles. The minimum absolute atomic E-state index is 0.0756. The Kier molecular flexibility index (Phi) is 6.37. The molecule has 0 spiro atoms. The Morgan fingerprint density at radius 1 is 0.966 bits per heavy atom. The Hall–Kier alpha value is -0.560. The van der Waals surface area contributed by atoms with Crippen molar-refractivity contribution in [3.05, 3.63) is 23.8 Å². The van der Waals surface area contributed by atoms with Gasteiger partial charge in [-0.1, -0.05) is 58.4 Å². The standard InChI is InChI=1S/C28H46O/c1-18(2)19(3)6-7-20(4)26-12-13-27-25-11-8-21-16-22(9-10-23(29)17-21)24(25)14-15-28(26,27)5/h6-8,18-20,22-27,29H,9-17H2,1-5H3/b7-6+/t19-,20+,22+,23-,24+,25+,26+,27-,28+/m0/s1. The van der Waals surface area contributed by atoms with Crippen LogP contribution in [-0.2, 0) is 0 Å². The summed E-state index contributed by atoms with van der Waals surface area (Å²) >= 11 is 0. The highest BCUT2D eigenvalue weighted by molar-refractivity contribution is 5.15. The minimum atomic E-state index is -0.0756. The summed E-state index contributed by atoms with van der Waals surface area (Å²) in [4.78, 5) is 0. The maximum Gasteiger partial charge on any atom is 0.0577 e. The van der Waals surface area contributed by atoms with Gasteiger partial charge in [-0.15, -0.1) is 0 Å². The van der Waals surface area contributed by atoms with Crippen LogP contribution in [0.5, 0.6) is 0 Å². The zero-order valence-electron chi connectivity index (χ0n) is 19.7. The average molecular weight is 399 g/mol. The van der Waals surface area contributed by atoms with Gasteiger partial charge in [0.05, 0.1) is 6.10 Å². The summed E-state index contributed by atoms with van der Waals surface area (Å²) in [6.07, 6.45) is 19.2. The molecule has 3 fully saturated rings. The highest BCUT2D eigenvalue weighted by atomic mass is 16.3. The monoisotopic (exact) mass is 398 g/mol. The van der Waals surface area contributed by atoms with Crippen LogP contribution >= 0.6 is 0 Å². The lowest BCUT2D eigenvalue weighted by Crippen LogP contribution is -2.44. The summed E-state index contributed by atoms with van der Waals surface area (Å²) in [5.41, 5.74) is 2.13. The predicted octanol–water partition coefficient (Wildman–Crippen LogP) is 7.41. The lowest BCUT2D eigenvalue weighted by molar-refractivity contribution is -0.0165. The van der Waals surface area contributed by atoms with Crippen molar-refractivity contribution in [2.45, 2.75) is 98.5 Å². The van der Waals surface area contributed by atoms with Gasteiger partial charge in [0.15, 0.2) is 0 Å². The van der Waals surface area contributed by atoms with Gasteiger partial charge in [-0.2, -0.15) is 0 Å². The van der Waals surface area contributed by atoms with Crippen molar-refractivity contribution in [3.63, 3.8) is 0 Å². The van der Waals surface area contributed by atoms with Crippen LogP contribution in [0.1, 0.15) is 92.4 Å². The minimum Gasteiger partial charge on any atom is -0.393 e. The molecule has 0 aromatic carbocycles. The zero-order chi connectivity index (χ0) is 20.8. The summed E-state index contributed by atoms with van der Waals surface area (Å²) in [6.45, 7) is 12.2. The summed E-state index contributed by atoms with van der Waals surface area (Å²) < 4.78 is 0. The van der Waals surface area contributed by atoms with E-state index in [1.807, 2.05) is 0 Å². The highest BCUT2D eigenvalue weighted by Gasteiger charge is 2.55. The molecule has 0 aromatic heterocycles. The van der Waals surface area contributed by atoms with E-state index in [0.717, 1.165) is 48.3 Å². The van der Waals surface area contributed by atoms with Crippen molar-refractivity contribution in [1.82, 2.24) is 0 Å². The lowest BCUT2D eigenvalue weighted by Gasteiger charge is -2.51. The Morgan fingerprint density at radius 3 is 2.52 bits per heavy atom. The summed E-state index contributed by atoms with van der Waals surface area (Å²) in [5, 5.41) is 10.3. The van der Waals surface area contributed by atoms with Crippen molar-refractivity contribution >= 4 is 0 Å². The molecule has 0 aliphatic heterocycles. The third-order valence-corrected chi connectivity index (χ3v) is 10.1. The molecule has 2 bridgehead atoms. The molecule has 0 radical (unpaired) electrons. The summed E-state index contributed by atoms with van der Waals surface area (Å²) in [6, 6.07) is 0. The maximum atomic E-state index is 10.3. The first-order valence-corrected chi connectivity index (χ1v) is 12.8. The van der Waals surface area contributed by atoms with Crippen LogP contribution in [-0.4, -0.2) is 11.2 Å². The van der Waals surface area contributed by atoms with Crippen LogP contribution in [0.15, 0.2) is 23.8 Å². The topological polar surface area (TPSA) is 20.2 Å². The van der Waals surface area contributed by atoms with Crippen LogP contribution in [0.3, 0.4) is 0 Å². The van der Waals surface area contributed by atoms with Gasteiger partial charge < -0.3 is 5.11 Å². The number of fused-ring (bicyclic) bond motifs is 6. The second kappa shape index (κ2) is 8.52. The Labute approximate surface area is 180 Å². The molecule has 0 aromatic rings. The summed E-state index contributed by atoms with van der Waals surface area (Å²) in [7, 11) is 0. The van der Waals surface area contributed by atoms with Gasteiger partial charge in [-0.05, 0) is 111 Å². The van der Waals surface area contributed by atoms with Gasteiger partial charge in [-0.25, -0.2) is 0 Å². The fourth-order valence-electron chi connectivity index (χ4n) is 8.02. The molecule has 1 heteroatoms. The second-order valence-corrected chi connectivity index (χ2v) is 12.0. The number of aliphatic hydroxyl groups is 1. The first kappa shape index (κ1) is 21.7. The van der Waals surface area contributed by atoms with E-state index in [-0.39, 0.29) is 6.10 Å². The number of aliphatic hydroxyl groups excluding tert-OH is 1. The van der Waals surface area contributed by atoms with E-state index in [1.165, 1.54) is 44.9 Å². The van der Waals surface area contributed by atoms with Crippen molar-refractivity contribution in [3.8, 4) is 0 Å². The molecule has 29 heavy (non-hydrogen) atoms. The van der Waals surface area contributed by atoms with E-state index in [0.29, 0.717) is 17.3 Å². The van der Waals surface area contributed by atoms with Gasteiger partial charge in [0.2, 0.25) is 0 Å². The third-order valence-electron chi connectivity index (χ3n) is 10.1. The normalized spacial score (nSPS) is 44.6. The van der Waals surface area contributed by atoms with Gasteiger partial charge >= 0.3 is 0 Å². The molecule has 0 unspecified atom stereocenters. The molecule has 0 heterocycles. The molecule has 4 rings (SSSR count). The molecule has 1 nitrogen and oxygen atoms in total. The van der Waals surface area contributed by atoms with Gasteiger partial charge in [0.25, 0.3) is 0 Å². The quantitative estimate of drug-likeness (QED) is 0.489. The summed E-state index contributed by atoms with van der Waals surface area (Å²) in [5.74, 6) is 6.59. The highest BCUT2D eigenvalue weighted by Crippen LogP contribution is 2.63. The van der Waals surface area contributed by atoms with E-state index < -0.39 is 0 Å². The predicted molar refractivity (Wildman–Crippen MR) is 124 cm³/mol. The largest absolute Gasteiger partial charge is 0.393 e. The average Bonchev–Trinajstić information content (AvgIpc) is 2.81. The lowest BCUT2D eigenvalue weighted by atomic mass is 9.54. The van der Waals surface area contributed by atoms with Gasteiger partial charge in [0, 0.05) is 0 Å². The van der Waals surface area contributed by atoms with Crippen LogP contribution in [0.2, 0.25) is 0 Å². The molecular weight excluding hydrogens is 352 g/mol. The van der Waals surface area contributed by atoms with Crippen molar-refractivity contribution in [2.75, 3.05) is 0 Å². The van der Waals surface area contributed by atoms with Crippen LogP contribution in [0, 0.1) is 52.8 Å². The van der Waals surface area contributed by atoms with Crippen LogP contribution in [0.4, 0.5) is 0 Å². The Balaban J connectivity index is 1.52. The third kappa shape index (κ3) is 4.15. The van der Waals surface area contributed by atoms with Crippen LogP contribution in [0.25, 0.3) is 0 Å². The molecule has 164 valence electrons. The smallest absolute Gasteiger partial charge is 0.0577 e. The Bertz CT molecular complexity index is 630. The van der Waals surface area contributed by atoms with Gasteiger partial charge in [-0.3, -0.25) is 0 Å². The van der Waals surface area contributed by atoms with E-state index in [4.69, 9.17) is 0 Å². The van der Waals surface area contributed by atoms with Crippen molar-refractivity contribution in [1.29, 1.82) is 0 Å². The first-order valence-electron chi connectivity index (χ1n) is 12.8. The maximum absolute atomic E-state index is 10.3.